The van der Waals surface area contributed by atoms with Crippen LogP contribution in [-0.4, -0.2) is 60.7 Å². The van der Waals surface area contributed by atoms with Crippen LogP contribution in [0.2, 0.25) is 0 Å². The molecule has 0 saturated heterocycles. The first-order chi connectivity index (χ1) is 19.7. The van der Waals surface area contributed by atoms with Crippen LogP contribution >= 0.6 is 0 Å². The van der Waals surface area contributed by atoms with Gasteiger partial charge in [0, 0.05) is 49.1 Å². The first kappa shape index (κ1) is 24.7. The second-order valence-corrected chi connectivity index (χ2v) is 10.7. The maximum absolute atomic E-state index is 13.1. The molecule has 0 amide bonds. The Hall–Kier alpha value is -4.32. The second-order valence-electron chi connectivity index (χ2n) is 10.7. The Kier molecular flexibility index (Phi) is 6.39. The molecule has 200 valence electrons. The van der Waals surface area contributed by atoms with Crippen LogP contribution in [0.25, 0.3) is 0 Å². The van der Waals surface area contributed by atoms with Gasteiger partial charge in [-0.15, -0.1) is 0 Å². The van der Waals surface area contributed by atoms with Crippen molar-refractivity contribution in [3.05, 3.63) is 142 Å². The summed E-state index contributed by atoms with van der Waals surface area (Å²) >= 11 is 0. The van der Waals surface area contributed by atoms with Crippen molar-refractivity contribution in [3.63, 3.8) is 0 Å². The van der Waals surface area contributed by atoms with Crippen molar-refractivity contribution in [1.29, 1.82) is 0 Å². The SMILES string of the molecule is Fc1ccc(C2CN3CCN=C3c3ccccc32)cc1.Fc1ccc(C2CN3CCN=C3c3ccccc32)cc1. The second kappa shape index (κ2) is 10.3. The summed E-state index contributed by atoms with van der Waals surface area (Å²) in [6.45, 7) is 5.59. The lowest BCUT2D eigenvalue weighted by Gasteiger charge is -2.34. The standard InChI is InChI=1S/2C17H15FN2/c2*18-13-7-5-12(6-8-13)16-11-20-10-9-19-17(20)15-4-2-1-3-14(15)16/h2*1-8,16H,9-11H2. The molecule has 0 aromatic heterocycles. The lowest BCUT2D eigenvalue weighted by molar-refractivity contribution is 0.425. The van der Waals surface area contributed by atoms with E-state index >= 15 is 0 Å². The molecule has 4 aromatic carbocycles. The van der Waals surface area contributed by atoms with E-state index in [2.05, 4.69) is 68.3 Å². The maximum Gasteiger partial charge on any atom is 0.131 e. The van der Waals surface area contributed by atoms with E-state index in [0.29, 0.717) is 11.8 Å². The summed E-state index contributed by atoms with van der Waals surface area (Å²) in [5, 5.41) is 0. The first-order valence-electron chi connectivity index (χ1n) is 13.9. The van der Waals surface area contributed by atoms with Gasteiger partial charge in [-0.1, -0.05) is 72.8 Å². The summed E-state index contributed by atoms with van der Waals surface area (Å²) < 4.78 is 26.3. The van der Waals surface area contributed by atoms with Crippen LogP contribution in [0.1, 0.15) is 45.2 Å². The Balaban J connectivity index is 0.000000132. The maximum atomic E-state index is 13.1. The first-order valence-corrected chi connectivity index (χ1v) is 13.9. The third-order valence-electron chi connectivity index (χ3n) is 8.37. The Bertz CT molecular complexity index is 1470. The molecule has 2 atom stereocenters. The normalized spacial score (nSPS) is 20.4. The van der Waals surface area contributed by atoms with Crippen molar-refractivity contribution in [1.82, 2.24) is 9.80 Å². The third-order valence-corrected chi connectivity index (χ3v) is 8.37. The van der Waals surface area contributed by atoms with Gasteiger partial charge in [-0.2, -0.15) is 0 Å². The van der Waals surface area contributed by atoms with E-state index < -0.39 is 0 Å². The fourth-order valence-corrected chi connectivity index (χ4v) is 6.44. The fraction of sp³-hybridized carbons (Fsp3) is 0.235. The summed E-state index contributed by atoms with van der Waals surface area (Å²) in [7, 11) is 0. The van der Waals surface area contributed by atoms with E-state index in [1.54, 1.807) is 24.3 Å². The fourth-order valence-electron chi connectivity index (χ4n) is 6.44. The molecule has 4 heterocycles. The van der Waals surface area contributed by atoms with Gasteiger partial charge in [0.15, 0.2) is 0 Å². The lowest BCUT2D eigenvalue weighted by atomic mass is 9.84. The summed E-state index contributed by atoms with van der Waals surface area (Å²) in [5.74, 6) is 2.48. The zero-order valence-electron chi connectivity index (χ0n) is 22.2. The summed E-state index contributed by atoms with van der Waals surface area (Å²) in [4.78, 5) is 13.9. The van der Waals surface area contributed by atoms with Crippen molar-refractivity contribution in [2.24, 2.45) is 9.98 Å². The van der Waals surface area contributed by atoms with Crippen molar-refractivity contribution >= 4 is 11.7 Å². The van der Waals surface area contributed by atoms with Gasteiger partial charge in [0.1, 0.15) is 23.3 Å². The minimum atomic E-state index is -0.179. The Morgan fingerprint density at radius 1 is 0.525 bits per heavy atom. The van der Waals surface area contributed by atoms with E-state index in [4.69, 9.17) is 0 Å². The van der Waals surface area contributed by atoms with Gasteiger partial charge in [0.25, 0.3) is 0 Å². The summed E-state index contributed by atoms with van der Waals surface area (Å²) in [6, 6.07) is 30.7. The molecule has 6 heteroatoms. The number of benzene rings is 4. The molecule has 4 aromatic rings. The molecule has 4 aliphatic heterocycles. The molecule has 0 fully saturated rings. The molecular weight excluding hydrogens is 502 g/mol. The topological polar surface area (TPSA) is 31.2 Å². The minimum Gasteiger partial charge on any atom is -0.354 e. The number of amidine groups is 2. The quantitative estimate of drug-likeness (QED) is 0.314. The predicted octanol–water partition coefficient (Wildman–Crippen LogP) is 6.07. The number of nitrogens with zero attached hydrogens (tertiary/aromatic N) is 4. The zero-order valence-corrected chi connectivity index (χ0v) is 22.2. The number of rotatable bonds is 2. The molecule has 2 unspecified atom stereocenters. The number of hydrogen-bond donors (Lipinski definition) is 0. The highest BCUT2D eigenvalue weighted by molar-refractivity contribution is 6.03. The van der Waals surface area contributed by atoms with Crippen LogP contribution in [0, 0.1) is 11.6 Å². The highest BCUT2D eigenvalue weighted by Crippen LogP contribution is 2.36. The van der Waals surface area contributed by atoms with Gasteiger partial charge in [-0.3, -0.25) is 9.98 Å². The van der Waals surface area contributed by atoms with Gasteiger partial charge < -0.3 is 9.80 Å². The van der Waals surface area contributed by atoms with E-state index in [1.165, 1.54) is 33.4 Å². The number of hydrogen-bond acceptors (Lipinski definition) is 4. The van der Waals surface area contributed by atoms with E-state index in [-0.39, 0.29) is 11.6 Å². The van der Waals surface area contributed by atoms with Crippen LogP contribution in [0.3, 0.4) is 0 Å². The van der Waals surface area contributed by atoms with Crippen LogP contribution in [0.15, 0.2) is 107 Å². The van der Waals surface area contributed by atoms with E-state index in [1.807, 2.05) is 24.3 Å². The van der Waals surface area contributed by atoms with Gasteiger partial charge in [0.05, 0.1) is 13.1 Å². The third kappa shape index (κ3) is 4.47. The highest BCUT2D eigenvalue weighted by atomic mass is 19.1. The van der Waals surface area contributed by atoms with E-state index in [9.17, 15) is 8.78 Å². The van der Waals surface area contributed by atoms with E-state index in [0.717, 1.165) is 50.9 Å². The molecule has 0 radical (unpaired) electrons. The summed E-state index contributed by atoms with van der Waals surface area (Å²) in [6.07, 6.45) is 0. The van der Waals surface area contributed by atoms with Gasteiger partial charge >= 0.3 is 0 Å². The largest absolute Gasteiger partial charge is 0.354 e. The Morgan fingerprint density at radius 3 is 1.35 bits per heavy atom. The summed E-state index contributed by atoms with van der Waals surface area (Å²) in [5.41, 5.74) is 7.40. The smallest absolute Gasteiger partial charge is 0.131 e. The molecule has 8 rings (SSSR count). The van der Waals surface area contributed by atoms with Crippen LogP contribution < -0.4 is 0 Å². The Morgan fingerprint density at radius 2 is 0.925 bits per heavy atom. The van der Waals surface area contributed by atoms with Crippen molar-refractivity contribution in [2.75, 3.05) is 39.3 Å². The van der Waals surface area contributed by atoms with Crippen LogP contribution in [-0.2, 0) is 0 Å². The predicted molar refractivity (Wildman–Crippen MR) is 155 cm³/mol. The minimum absolute atomic E-state index is 0.179. The Labute approximate surface area is 233 Å². The number of aliphatic imine (C=N–C) groups is 2. The molecule has 0 saturated carbocycles. The molecular formula is C34H30F2N4. The van der Waals surface area contributed by atoms with Crippen molar-refractivity contribution in [3.8, 4) is 0 Å². The zero-order chi connectivity index (χ0) is 27.1. The molecule has 4 nitrogen and oxygen atoms in total. The van der Waals surface area contributed by atoms with Crippen molar-refractivity contribution < 1.29 is 8.78 Å². The molecule has 4 aliphatic rings. The number of halogens is 2. The van der Waals surface area contributed by atoms with Crippen LogP contribution in [0.5, 0.6) is 0 Å². The molecule has 0 aliphatic carbocycles. The molecule has 0 bridgehead atoms. The van der Waals surface area contributed by atoms with Gasteiger partial charge in [-0.25, -0.2) is 8.78 Å². The molecule has 0 N–H and O–H groups in total. The van der Waals surface area contributed by atoms with Crippen LogP contribution in [0.4, 0.5) is 8.78 Å². The highest BCUT2D eigenvalue weighted by Gasteiger charge is 2.33. The monoisotopic (exact) mass is 532 g/mol. The lowest BCUT2D eigenvalue weighted by Crippen LogP contribution is -2.38. The van der Waals surface area contributed by atoms with Gasteiger partial charge in [0.2, 0.25) is 0 Å². The molecule has 0 spiro atoms. The molecule has 40 heavy (non-hydrogen) atoms. The average molecular weight is 533 g/mol. The average Bonchev–Trinajstić information content (AvgIpc) is 3.68. The van der Waals surface area contributed by atoms with Gasteiger partial charge in [-0.05, 0) is 46.5 Å². The number of fused-ring (bicyclic) bond motifs is 6. The van der Waals surface area contributed by atoms with Crippen molar-refractivity contribution in [2.45, 2.75) is 11.8 Å².